The number of piperidine rings is 1. The van der Waals surface area contributed by atoms with Crippen molar-refractivity contribution < 1.29 is 28.2 Å². The molecule has 3 aromatic rings. The quantitative estimate of drug-likeness (QED) is 0.214. The van der Waals surface area contributed by atoms with Crippen LogP contribution in [0.4, 0.5) is 20.6 Å². The van der Waals surface area contributed by atoms with E-state index in [1.165, 1.54) is 19.2 Å². The molecule has 0 aliphatic carbocycles. The summed E-state index contributed by atoms with van der Waals surface area (Å²) in [6.45, 7) is 4.05. The molecule has 44 heavy (non-hydrogen) atoms. The maximum atomic E-state index is 14.9. The summed E-state index contributed by atoms with van der Waals surface area (Å²) in [6, 6.07) is 17.1. The molecule has 0 radical (unpaired) electrons. The summed E-state index contributed by atoms with van der Waals surface area (Å²) in [7, 11) is 3.68. The van der Waals surface area contributed by atoms with Crippen LogP contribution in [-0.2, 0) is 0 Å². The molecule has 2 heterocycles. The zero-order chi connectivity index (χ0) is 31.2. The maximum Gasteiger partial charge on any atom is 0.319 e. The molecular formula is C34H41FN4O5. The number of methoxy groups -OCH3 is 1. The van der Waals surface area contributed by atoms with Gasteiger partial charge in [0.25, 0.3) is 5.91 Å². The van der Waals surface area contributed by atoms with Gasteiger partial charge in [-0.15, -0.1) is 0 Å². The van der Waals surface area contributed by atoms with E-state index in [0.29, 0.717) is 40.7 Å². The highest BCUT2D eigenvalue weighted by atomic mass is 19.1. The van der Waals surface area contributed by atoms with Gasteiger partial charge in [-0.25, -0.2) is 9.18 Å². The van der Waals surface area contributed by atoms with E-state index in [1.807, 2.05) is 13.8 Å². The summed E-state index contributed by atoms with van der Waals surface area (Å²) in [5.74, 6) is 0.625. The van der Waals surface area contributed by atoms with Gasteiger partial charge in [0.2, 0.25) is 0 Å². The van der Waals surface area contributed by atoms with Gasteiger partial charge in [0.1, 0.15) is 11.9 Å². The van der Waals surface area contributed by atoms with Crippen LogP contribution in [-0.4, -0.2) is 55.2 Å². The lowest BCUT2D eigenvalue weighted by atomic mass is 10.0. The third-order valence-electron chi connectivity index (χ3n) is 8.62. The first-order valence-corrected chi connectivity index (χ1v) is 15.3. The molecule has 10 heteroatoms. The van der Waals surface area contributed by atoms with Crippen molar-refractivity contribution in [1.82, 2.24) is 10.2 Å². The second kappa shape index (κ2) is 14.0. The van der Waals surface area contributed by atoms with Crippen LogP contribution in [0.25, 0.3) is 0 Å². The molecule has 2 saturated heterocycles. The zero-order valence-corrected chi connectivity index (χ0v) is 25.7. The minimum Gasteiger partial charge on any atom is -0.493 e. The summed E-state index contributed by atoms with van der Waals surface area (Å²) in [5, 5.41) is 8.55. The minimum atomic E-state index is -0.547. The van der Waals surface area contributed by atoms with Crippen LogP contribution < -0.4 is 30.2 Å². The first kappa shape index (κ1) is 31.1. The first-order chi connectivity index (χ1) is 21.3. The molecule has 2 unspecified atom stereocenters. The molecule has 5 rings (SSSR count). The normalized spacial score (nSPS) is 19.4. The molecule has 2 aliphatic rings. The van der Waals surface area contributed by atoms with Crippen molar-refractivity contribution in [3.05, 3.63) is 72.0 Å². The number of benzene rings is 3. The molecule has 9 nitrogen and oxygen atoms in total. The van der Waals surface area contributed by atoms with Gasteiger partial charge >= 0.3 is 6.03 Å². The van der Waals surface area contributed by atoms with Crippen LogP contribution in [0.15, 0.2) is 60.7 Å². The number of ether oxygens (including phenoxy) is 3. The van der Waals surface area contributed by atoms with Crippen molar-refractivity contribution in [1.29, 1.82) is 0 Å². The van der Waals surface area contributed by atoms with Gasteiger partial charge in [0.05, 0.1) is 7.11 Å². The van der Waals surface area contributed by atoms with E-state index >= 15 is 0 Å². The van der Waals surface area contributed by atoms with Gasteiger partial charge in [0, 0.05) is 41.1 Å². The van der Waals surface area contributed by atoms with Crippen LogP contribution >= 0.6 is 0 Å². The zero-order valence-electron chi connectivity index (χ0n) is 25.7. The van der Waals surface area contributed by atoms with Crippen molar-refractivity contribution in [2.75, 3.05) is 24.8 Å². The van der Waals surface area contributed by atoms with Gasteiger partial charge in [-0.2, -0.15) is 0 Å². The largest absolute Gasteiger partial charge is 0.493 e. The minimum absolute atomic E-state index is 0.0149. The summed E-state index contributed by atoms with van der Waals surface area (Å²) < 4.78 is 32.4. The lowest BCUT2D eigenvalue weighted by Crippen LogP contribution is -2.43. The highest BCUT2D eigenvalue weighted by molar-refractivity contribution is 6.04. The fourth-order valence-electron chi connectivity index (χ4n) is 5.99. The molecule has 2 atom stereocenters. The summed E-state index contributed by atoms with van der Waals surface area (Å²) in [6.07, 6.45) is 5.79. The molecule has 0 saturated carbocycles. The number of urea groups is 1. The van der Waals surface area contributed by atoms with E-state index in [4.69, 9.17) is 14.2 Å². The standard InChI is InChI=1S/C34H41FN4O5/c1-5-22(6-2)37-34(41)38-24-10-16-31(32(18-24)42-4)43-27-13-8-23(9-14-27)36-33(40)21-7-15-30(29(35)17-21)44-28-19-25-11-12-26(20-28)39(25)3/h7-10,13-18,22,25-26,28H,5-6,11-12,19-20H2,1-4H3,(H,36,40)(H2,37,38,41). The van der Waals surface area contributed by atoms with Crippen molar-refractivity contribution in [2.24, 2.45) is 0 Å². The van der Waals surface area contributed by atoms with Crippen LogP contribution in [0.1, 0.15) is 62.7 Å². The second-order valence-electron chi connectivity index (χ2n) is 11.5. The Balaban J connectivity index is 1.15. The number of carbonyl (C=O) groups is 2. The Morgan fingerprint density at radius 3 is 2.18 bits per heavy atom. The molecule has 0 spiro atoms. The number of carbonyl (C=O) groups excluding carboxylic acids is 2. The topological polar surface area (TPSA) is 101 Å². The number of nitrogens with one attached hydrogen (secondary N) is 3. The third kappa shape index (κ3) is 7.42. The molecule has 2 aliphatic heterocycles. The van der Waals surface area contributed by atoms with Crippen molar-refractivity contribution >= 4 is 23.3 Å². The molecular weight excluding hydrogens is 563 g/mol. The van der Waals surface area contributed by atoms with E-state index in [2.05, 4.69) is 27.9 Å². The number of nitrogens with zero attached hydrogens (tertiary/aromatic N) is 1. The highest BCUT2D eigenvalue weighted by Crippen LogP contribution is 2.37. The predicted octanol–water partition coefficient (Wildman–Crippen LogP) is 7.19. The average Bonchev–Trinajstić information content (AvgIpc) is 3.21. The molecule has 3 N–H and O–H groups in total. The van der Waals surface area contributed by atoms with Crippen molar-refractivity contribution in [3.8, 4) is 23.0 Å². The summed E-state index contributed by atoms with van der Waals surface area (Å²) in [4.78, 5) is 27.6. The maximum absolute atomic E-state index is 14.9. The number of halogens is 1. The van der Waals surface area contributed by atoms with Crippen molar-refractivity contribution in [2.45, 2.75) is 76.6 Å². The molecule has 2 fully saturated rings. The number of hydrogen-bond donors (Lipinski definition) is 3. The van der Waals surface area contributed by atoms with E-state index in [-0.39, 0.29) is 29.5 Å². The highest BCUT2D eigenvalue weighted by Gasteiger charge is 2.39. The second-order valence-corrected chi connectivity index (χ2v) is 11.5. The van der Waals surface area contributed by atoms with Gasteiger partial charge in [-0.1, -0.05) is 13.8 Å². The molecule has 234 valence electrons. The molecule has 3 amide bonds. The Kier molecular flexibility index (Phi) is 9.89. The van der Waals surface area contributed by atoms with E-state index < -0.39 is 11.7 Å². The summed E-state index contributed by atoms with van der Waals surface area (Å²) in [5.41, 5.74) is 1.30. The summed E-state index contributed by atoms with van der Waals surface area (Å²) >= 11 is 0. The van der Waals surface area contributed by atoms with Gasteiger partial charge < -0.3 is 35.1 Å². The Labute approximate surface area is 258 Å². The average molecular weight is 605 g/mol. The first-order valence-electron chi connectivity index (χ1n) is 15.3. The molecule has 0 aromatic heterocycles. The van der Waals surface area contributed by atoms with Crippen LogP contribution in [0.5, 0.6) is 23.0 Å². The van der Waals surface area contributed by atoms with Gasteiger partial charge in [-0.05, 0) is 100 Å². The van der Waals surface area contributed by atoms with Gasteiger partial charge in [-0.3, -0.25) is 4.79 Å². The smallest absolute Gasteiger partial charge is 0.319 e. The molecule has 2 bridgehead atoms. The van der Waals surface area contributed by atoms with Crippen molar-refractivity contribution in [3.63, 3.8) is 0 Å². The number of anilines is 2. The number of rotatable bonds is 11. The fraction of sp³-hybridized carbons (Fsp3) is 0.412. The lowest BCUT2D eigenvalue weighted by Gasteiger charge is -2.36. The van der Waals surface area contributed by atoms with E-state index in [1.54, 1.807) is 48.5 Å². The Hall–Kier alpha value is -4.31. The number of amides is 3. The fourth-order valence-corrected chi connectivity index (χ4v) is 5.99. The third-order valence-corrected chi connectivity index (χ3v) is 8.62. The number of fused-ring (bicyclic) bond motifs is 2. The number of hydrogen-bond acceptors (Lipinski definition) is 6. The Morgan fingerprint density at radius 1 is 0.886 bits per heavy atom. The SMILES string of the molecule is CCC(CC)NC(=O)Nc1ccc(Oc2ccc(NC(=O)c3ccc(OC4CC5CCC(C4)N5C)c(F)c3)cc2)c(OC)c1. The van der Waals surface area contributed by atoms with Crippen LogP contribution in [0.3, 0.4) is 0 Å². The van der Waals surface area contributed by atoms with Crippen LogP contribution in [0.2, 0.25) is 0 Å². The van der Waals surface area contributed by atoms with E-state index in [0.717, 1.165) is 38.5 Å². The van der Waals surface area contributed by atoms with Gasteiger partial charge in [0.15, 0.2) is 23.1 Å². The molecule has 3 aromatic carbocycles. The predicted molar refractivity (Wildman–Crippen MR) is 169 cm³/mol. The Morgan fingerprint density at radius 2 is 1.55 bits per heavy atom. The lowest BCUT2D eigenvalue weighted by molar-refractivity contribution is 0.0636. The monoisotopic (exact) mass is 604 g/mol. The Bertz CT molecular complexity index is 1450. The van der Waals surface area contributed by atoms with Crippen LogP contribution in [0, 0.1) is 5.82 Å². The van der Waals surface area contributed by atoms with E-state index in [9.17, 15) is 14.0 Å².